The minimum Gasteiger partial charge on any atom is -0.479 e. The van der Waals surface area contributed by atoms with Gasteiger partial charge in [-0.05, 0) is 36.2 Å². The summed E-state index contributed by atoms with van der Waals surface area (Å²) in [6.45, 7) is 2.40. The molecule has 1 amide bonds. The van der Waals surface area contributed by atoms with Crippen molar-refractivity contribution in [2.45, 2.75) is 25.9 Å². The van der Waals surface area contributed by atoms with E-state index in [4.69, 9.17) is 9.84 Å². The summed E-state index contributed by atoms with van der Waals surface area (Å²) in [6.07, 6.45) is 0.930. The molecule has 2 aromatic rings. The first-order chi connectivity index (χ1) is 10.6. The highest BCUT2D eigenvalue weighted by Crippen LogP contribution is 2.21. The molecule has 1 aliphatic rings. The minimum atomic E-state index is -0.965. The number of amides is 1. The fourth-order valence-corrected chi connectivity index (χ4v) is 2.06. The van der Waals surface area contributed by atoms with E-state index >= 15 is 0 Å². The first-order valence-corrected chi connectivity index (χ1v) is 7.21. The van der Waals surface area contributed by atoms with Crippen molar-refractivity contribution in [3.05, 3.63) is 42.5 Å². The van der Waals surface area contributed by atoms with Gasteiger partial charge in [-0.1, -0.05) is 30.3 Å². The summed E-state index contributed by atoms with van der Waals surface area (Å²) >= 11 is 0. The monoisotopic (exact) mass is 301 g/mol. The molecule has 2 N–H and O–H groups in total. The molecule has 22 heavy (non-hydrogen) atoms. The van der Waals surface area contributed by atoms with E-state index in [9.17, 15) is 9.59 Å². The second-order valence-corrected chi connectivity index (χ2v) is 5.06. The fourth-order valence-electron chi connectivity index (χ4n) is 2.06. The number of nitrogens with one attached hydrogen (secondary N) is 1. The quantitative estimate of drug-likeness (QED) is 0.913. The zero-order chi connectivity index (χ0) is 15.9. The Labute approximate surface area is 128 Å². The van der Waals surface area contributed by atoms with Crippen molar-refractivity contribution >= 4 is 22.6 Å². The normalized spacial score (nSPS) is 14.7. The maximum atomic E-state index is 10.6. The number of hydrogen-bond acceptors (Lipinski definition) is 3. The molecule has 0 aromatic heterocycles. The number of carboxylic acids is 1. The predicted molar refractivity (Wildman–Crippen MR) is 83.9 cm³/mol. The van der Waals surface area contributed by atoms with E-state index in [1.807, 2.05) is 36.4 Å². The third-order valence-electron chi connectivity index (χ3n) is 3.28. The maximum absolute atomic E-state index is 10.6. The maximum Gasteiger partial charge on any atom is 0.344 e. The van der Waals surface area contributed by atoms with Crippen LogP contribution in [-0.2, 0) is 9.59 Å². The SMILES string of the molecule is CC(Oc1ccc2ccccc2c1)C(=O)O.O=C1CCCN1. The van der Waals surface area contributed by atoms with Gasteiger partial charge in [0.2, 0.25) is 5.91 Å². The lowest BCUT2D eigenvalue weighted by atomic mass is 10.1. The molecule has 5 nitrogen and oxygen atoms in total. The molecule has 0 aliphatic carbocycles. The van der Waals surface area contributed by atoms with E-state index in [0.717, 1.165) is 30.2 Å². The van der Waals surface area contributed by atoms with Crippen molar-refractivity contribution in [1.29, 1.82) is 0 Å². The Morgan fingerprint density at radius 1 is 1.23 bits per heavy atom. The number of aliphatic carboxylic acids is 1. The van der Waals surface area contributed by atoms with Gasteiger partial charge in [-0.3, -0.25) is 4.79 Å². The predicted octanol–water partition coefficient (Wildman–Crippen LogP) is 2.59. The standard InChI is InChI=1S/C13H12O3.C4H7NO/c1-9(13(14)15)16-12-7-6-10-4-2-3-5-11(10)8-12;6-4-2-1-3-5-4/h2-9H,1H3,(H,14,15);1-3H2,(H,5,6). The lowest BCUT2D eigenvalue weighted by Crippen LogP contribution is -2.22. The van der Waals surface area contributed by atoms with E-state index in [1.54, 1.807) is 6.07 Å². The van der Waals surface area contributed by atoms with Gasteiger partial charge < -0.3 is 15.2 Å². The van der Waals surface area contributed by atoms with Gasteiger partial charge in [0.25, 0.3) is 0 Å². The number of carbonyl (C=O) groups is 2. The molecule has 2 aromatic carbocycles. The van der Waals surface area contributed by atoms with Crippen molar-refractivity contribution in [2.24, 2.45) is 0 Å². The molecule has 1 heterocycles. The average Bonchev–Trinajstić information content (AvgIpc) is 2.99. The van der Waals surface area contributed by atoms with Crippen LogP contribution < -0.4 is 10.1 Å². The molecule has 0 radical (unpaired) electrons. The van der Waals surface area contributed by atoms with E-state index in [2.05, 4.69) is 5.32 Å². The van der Waals surface area contributed by atoms with Crippen LogP contribution in [0.1, 0.15) is 19.8 Å². The van der Waals surface area contributed by atoms with Gasteiger partial charge >= 0.3 is 5.97 Å². The van der Waals surface area contributed by atoms with Crippen LogP contribution in [0, 0.1) is 0 Å². The zero-order valence-corrected chi connectivity index (χ0v) is 12.4. The molecule has 116 valence electrons. The third-order valence-corrected chi connectivity index (χ3v) is 3.28. The van der Waals surface area contributed by atoms with Gasteiger partial charge in [-0.15, -0.1) is 0 Å². The van der Waals surface area contributed by atoms with Crippen LogP contribution in [0.25, 0.3) is 10.8 Å². The Kier molecular flexibility index (Phi) is 5.36. The van der Waals surface area contributed by atoms with Gasteiger partial charge in [0.15, 0.2) is 6.10 Å². The van der Waals surface area contributed by atoms with Crippen molar-refractivity contribution < 1.29 is 19.4 Å². The summed E-state index contributed by atoms with van der Waals surface area (Å²) < 4.78 is 5.28. The number of rotatable bonds is 3. The van der Waals surface area contributed by atoms with Gasteiger partial charge in [-0.2, -0.15) is 0 Å². The zero-order valence-electron chi connectivity index (χ0n) is 12.4. The Hall–Kier alpha value is -2.56. The fraction of sp³-hybridized carbons (Fsp3) is 0.294. The van der Waals surface area contributed by atoms with Crippen molar-refractivity contribution in [3.63, 3.8) is 0 Å². The molecule has 1 unspecified atom stereocenters. The van der Waals surface area contributed by atoms with Crippen LogP contribution in [0.4, 0.5) is 0 Å². The smallest absolute Gasteiger partial charge is 0.344 e. The van der Waals surface area contributed by atoms with Crippen LogP contribution in [0.5, 0.6) is 5.75 Å². The third kappa shape index (κ3) is 4.48. The first-order valence-electron chi connectivity index (χ1n) is 7.21. The van der Waals surface area contributed by atoms with Crippen LogP contribution in [0.3, 0.4) is 0 Å². The Morgan fingerprint density at radius 2 is 1.95 bits per heavy atom. The Bertz CT molecular complexity index is 661. The van der Waals surface area contributed by atoms with Crippen LogP contribution in [0.15, 0.2) is 42.5 Å². The molecule has 0 bridgehead atoms. The Balaban J connectivity index is 0.000000246. The van der Waals surface area contributed by atoms with E-state index in [0.29, 0.717) is 5.75 Å². The summed E-state index contributed by atoms with van der Waals surface area (Å²) in [4.78, 5) is 20.8. The van der Waals surface area contributed by atoms with E-state index < -0.39 is 12.1 Å². The van der Waals surface area contributed by atoms with Gasteiger partial charge in [0.05, 0.1) is 0 Å². The number of hydrogen-bond donors (Lipinski definition) is 2. The van der Waals surface area contributed by atoms with Crippen LogP contribution in [-0.4, -0.2) is 29.6 Å². The molecular weight excluding hydrogens is 282 g/mol. The van der Waals surface area contributed by atoms with Crippen LogP contribution >= 0.6 is 0 Å². The highest BCUT2D eigenvalue weighted by molar-refractivity contribution is 5.84. The molecule has 0 spiro atoms. The lowest BCUT2D eigenvalue weighted by Gasteiger charge is -2.10. The molecular formula is C17H19NO4. The average molecular weight is 301 g/mol. The number of carboxylic acid groups (broad SMARTS) is 1. The summed E-state index contributed by atoms with van der Waals surface area (Å²) in [5, 5.41) is 13.6. The number of fused-ring (bicyclic) bond motifs is 1. The number of carbonyl (C=O) groups excluding carboxylic acids is 1. The molecule has 1 saturated heterocycles. The van der Waals surface area contributed by atoms with Crippen molar-refractivity contribution in [1.82, 2.24) is 5.32 Å². The summed E-state index contributed by atoms with van der Waals surface area (Å²) in [5.41, 5.74) is 0. The van der Waals surface area contributed by atoms with Crippen LogP contribution in [0.2, 0.25) is 0 Å². The molecule has 5 heteroatoms. The molecule has 1 aliphatic heterocycles. The van der Waals surface area contributed by atoms with Crippen molar-refractivity contribution in [3.8, 4) is 5.75 Å². The molecule has 1 atom stereocenters. The first kappa shape index (κ1) is 15.8. The van der Waals surface area contributed by atoms with Crippen molar-refractivity contribution in [2.75, 3.05) is 6.54 Å². The topological polar surface area (TPSA) is 75.6 Å². The van der Waals surface area contributed by atoms with E-state index in [1.165, 1.54) is 6.92 Å². The Morgan fingerprint density at radius 3 is 2.50 bits per heavy atom. The number of benzene rings is 2. The molecule has 0 saturated carbocycles. The highest BCUT2D eigenvalue weighted by Gasteiger charge is 2.12. The summed E-state index contributed by atoms with van der Waals surface area (Å²) in [5.74, 6) is -0.184. The van der Waals surface area contributed by atoms with E-state index in [-0.39, 0.29) is 5.91 Å². The van der Waals surface area contributed by atoms with Gasteiger partial charge in [0.1, 0.15) is 5.75 Å². The van der Waals surface area contributed by atoms with Gasteiger partial charge in [-0.25, -0.2) is 4.79 Å². The molecule has 1 fully saturated rings. The summed E-state index contributed by atoms with van der Waals surface area (Å²) in [6, 6.07) is 13.4. The number of ether oxygens (including phenoxy) is 1. The second kappa shape index (κ2) is 7.45. The minimum absolute atomic E-state index is 0.204. The molecule has 3 rings (SSSR count). The second-order valence-electron chi connectivity index (χ2n) is 5.06. The lowest BCUT2D eigenvalue weighted by molar-refractivity contribution is -0.144. The van der Waals surface area contributed by atoms with Gasteiger partial charge in [0, 0.05) is 13.0 Å². The summed E-state index contributed by atoms with van der Waals surface area (Å²) in [7, 11) is 0. The highest BCUT2D eigenvalue weighted by atomic mass is 16.5. The largest absolute Gasteiger partial charge is 0.479 e.